The minimum Gasteiger partial charge on any atom is -0.398 e. The van der Waals surface area contributed by atoms with Crippen LogP contribution in [0.3, 0.4) is 0 Å². The largest absolute Gasteiger partial charge is 0.398 e. The molecule has 0 aliphatic rings. The maximum atomic E-state index is 12.4. The van der Waals surface area contributed by atoms with Crippen molar-refractivity contribution in [3.63, 3.8) is 0 Å². The second-order valence-electron chi connectivity index (χ2n) is 4.14. The van der Waals surface area contributed by atoms with Crippen LogP contribution >= 0.6 is 0 Å². The zero-order chi connectivity index (χ0) is 12.5. The van der Waals surface area contributed by atoms with E-state index in [1.165, 1.54) is 0 Å². The number of nitrogen functional groups attached to an aromatic ring is 1. The Balaban J connectivity index is 2.16. The van der Waals surface area contributed by atoms with E-state index in [9.17, 15) is 4.79 Å². The Kier molecular flexibility index (Phi) is 2.38. The molecule has 0 aliphatic heterocycles. The molecule has 0 radical (unpaired) electrons. The molecule has 1 heterocycles. The Hall–Kier alpha value is -2.55. The van der Waals surface area contributed by atoms with Crippen molar-refractivity contribution in [1.82, 2.24) is 4.57 Å². The van der Waals surface area contributed by atoms with Crippen LogP contribution in [-0.2, 0) is 0 Å². The summed E-state index contributed by atoms with van der Waals surface area (Å²) in [6.45, 7) is 0. The van der Waals surface area contributed by atoms with Crippen molar-refractivity contribution in [2.75, 3.05) is 5.73 Å². The number of carbonyl (C=O) groups excluding carboxylic acids is 1. The molecule has 2 N–H and O–H groups in total. The third-order valence-corrected chi connectivity index (χ3v) is 3.01. The van der Waals surface area contributed by atoms with Gasteiger partial charge in [-0.05, 0) is 24.3 Å². The first kappa shape index (κ1) is 10.6. The van der Waals surface area contributed by atoms with Crippen LogP contribution in [0, 0.1) is 0 Å². The van der Waals surface area contributed by atoms with Gasteiger partial charge in [-0.25, -0.2) is 0 Å². The van der Waals surface area contributed by atoms with Crippen molar-refractivity contribution in [3.05, 3.63) is 66.4 Å². The molecule has 2 aromatic carbocycles. The number of fused-ring (bicyclic) bond motifs is 1. The number of nitrogens with zero attached hydrogens (tertiary/aromatic N) is 1. The van der Waals surface area contributed by atoms with Gasteiger partial charge in [0.05, 0.1) is 11.1 Å². The van der Waals surface area contributed by atoms with Crippen molar-refractivity contribution in [2.24, 2.45) is 0 Å². The standard InChI is InChI=1S/C15H12N2O/c16-13-7-3-2-6-12(13)15(18)17-10-9-11-5-1-4-8-14(11)17/h1-10H,16H2. The molecule has 88 valence electrons. The lowest BCUT2D eigenvalue weighted by molar-refractivity contribution is 0.0966. The van der Waals surface area contributed by atoms with E-state index >= 15 is 0 Å². The fourth-order valence-corrected chi connectivity index (χ4v) is 2.08. The van der Waals surface area contributed by atoms with Crippen LogP contribution in [-0.4, -0.2) is 10.5 Å². The molecule has 1 aromatic heterocycles. The van der Waals surface area contributed by atoms with Gasteiger partial charge in [-0.1, -0.05) is 30.3 Å². The van der Waals surface area contributed by atoms with E-state index in [4.69, 9.17) is 5.73 Å². The summed E-state index contributed by atoms with van der Waals surface area (Å²) in [6.07, 6.45) is 1.78. The number of hydrogen-bond acceptors (Lipinski definition) is 2. The summed E-state index contributed by atoms with van der Waals surface area (Å²) in [4.78, 5) is 12.4. The number of carbonyl (C=O) groups is 1. The first-order chi connectivity index (χ1) is 8.77. The second kappa shape index (κ2) is 4.04. The maximum Gasteiger partial charge on any atom is 0.264 e. The van der Waals surface area contributed by atoms with E-state index in [0.717, 1.165) is 10.9 Å². The van der Waals surface area contributed by atoms with E-state index in [0.29, 0.717) is 11.3 Å². The minimum atomic E-state index is -0.102. The van der Waals surface area contributed by atoms with Crippen molar-refractivity contribution in [1.29, 1.82) is 0 Å². The summed E-state index contributed by atoms with van der Waals surface area (Å²) >= 11 is 0. The number of anilines is 1. The highest BCUT2D eigenvalue weighted by Crippen LogP contribution is 2.19. The summed E-state index contributed by atoms with van der Waals surface area (Å²) in [6, 6.07) is 16.8. The molecule has 0 saturated carbocycles. The van der Waals surface area contributed by atoms with Crippen molar-refractivity contribution >= 4 is 22.5 Å². The van der Waals surface area contributed by atoms with Gasteiger partial charge in [0.15, 0.2) is 0 Å². The number of hydrogen-bond donors (Lipinski definition) is 1. The lowest BCUT2D eigenvalue weighted by atomic mass is 10.1. The molecule has 0 unspecified atom stereocenters. The van der Waals surface area contributed by atoms with Crippen LogP contribution in [0.25, 0.3) is 10.9 Å². The van der Waals surface area contributed by atoms with Crippen molar-refractivity contribution in [3.8, 4) is 0 Å². The monoisotopic (exact) mass is 236 g/mol. The Morgan fingerprint density at radius 1 is 0.944 bits per heavy atom. The summed E-state index contributed by atoms with van der Waals surface area (Å²) in [7, 11) is 0. The predicted molar refractivity (Wildman–Crippen MR) is 72.5 cm³/mol. The molecule has 0 atom stereocenters. The normalized spacial score (nSPS) is 10.7. The van der Waals surface area contributed by atoms with Gasteiger partial charge >= 0.3 is 0 Å². The number of benzene rings is 2. The van der Waals surface area contributed by atoms with Crippen LogP contribution in [0.1, 0.15) is 10.4 Å². The summed E-state index contributed by atoms with van der Waals surface area (Å²) in [5.74, 6) is -0.102. The van der Waals surface area contributed by atoms with Gasteiger partial charge < -0.3 is 5.73 Å². The molecule has 0 amide bonds. The highest BCUT2D eigenvalue weighted by molar-refractivity contribution is 6.05. The fraction of sp³-hybridized carbons (Fsp3) is 0. The quantitative estimate of drug-likeness (QED) is 0.660. The van der Waals surface area contributed by atoms with E-state index < -0.39 is 0 Å². The number of nitrogens with two attached hydrogens (primary N) is 1. The topological polar surface area (TPSA) is 48.0 Å². The highest BCUT2D eigenvalue weighted by atomic mass is 16.2. The van der Waals surface area contributed by atoms with E-state index in [1.54, 1.807) is 22.9 Å². The van der Waals surface area contributed by atoms with Gasteiger partial charge in [-0.3, -0.25) is 9.36 Å². The van der Waals surface area contributed by atoms with Gasteiger partial charge in [0.2, 0.25) is 0 Å². The van der Waals surface area contributed by atoms with Gasteiger partial charge in [0.25, 0.3) is 5.91 Å². The van der Waals surface area contributed by atoms with Crippen LogP contribution in [0.15, 0.2) is 60.8 Å². The maximum absolute atomic E-state index is 12.4. The molecular formula is C15H12N2O. The van der Waals surface area contributed by atoms with Gasteiger partial charge in [0, 0.05) is 17.3 Å². The first-order valence-electron chi connectivity index (χ1n) is 5.72. The van der Waals surface area contributed by atoms with Crippen LogP contribution < -0.4 is 5.73 Å². The second-order valence-corrected chi connectivity index (χ2v) is 4.14. The third-order valence-electron chi connectivity index (χ3n) is 3.01. The zero-order valence-corrected chi connectivity index (χ0v) is 9.71. The fourth-order valence-electron chi connectivity index (χ4n) is 2.08. The predicted octanol–water partition coefficient (Wildman–Crippen LogP) is 2.91. The van der Waals surface area contributed by atoms with Gasteiger partial charge in [-0.15, -0.1) is 0 Å². The van der Waals surface area contributed by atoms with E-state index in [-0.39, 0.29) is 5.91 Å². The SMILES string of the molecule is Nc1ccccc1C(=O)n1ccc2ccccc21. The highest BCUT2D eigenvalue weighted by Gasteiger charge is 2.13. The first-order valence-corrected chi connectivity index (χ1v) is 5.72. The molecule has 0 bridgehead atoms. The zero-order valence-electron chi connectivity index (χ0n) is 9.71. The molecule has 0 saturated heterocycles. The Bertz CT molecular complexity index is 728. The third kappa shape index (κ3) is 1.57. The van der Waals surface area contributed by atoms with Crippen LogP contribution in [0.5, 0.6) is 0 Å². The molecule has 18 heavy (non-hydrogen) atoms. The van der Waals surface area contributed by atoms with Crippen molar-refractivity contribution in [2.45, 2.75) is 0 Å². The molecule has 3 heteroatoms. The number of para-hydroxylation sites is 2. The molecule has 3 rings (SSSR count). The van der Waals surface area contributed by atoms with Crippen LogP contribution in [0.2, 0.25) is 0 Å². The summed E-state index contributed by atoms with van der Waals surface area (Å²) < 4.78 is 1.63. The van der Waals surface area contributed by atoms with E-state index in [2.05, 4.69) is 0 Å². The number of rotatable bonds is 1. The molecule has 3 nitrogen and oxygen atoms in total. The summed E-state index contributed by atoms with van der Waals surface area (Å²) in [5.41, 5.74) is 7.76. The average Bonchev–Trinajstić information content (AvgIpc) is 2.82. The van der Waals surface area contributed by atoms with Gasteiger partial charge in [0.1, 0.15) is 0 Å². The number of aromatic nitrogens is 1. The smallest absolute Gasteiger partial charge is 0.264 e. The summed E-state index contributed by atoms with van der Waals surface area (Å²) in [5, 5.41) is 1.04. The Morgan fingerprint density at radius 2 is 1.67 bits per heavy atom. The Morgan fingerprint density at radius 3 is 2.50 bits per heavy atom. The van der Waals surface area contributed by atoms with Crippen molar-refractivity contribution < 1.29 is 4.79 Å². The van der Waals surface area contributed by atoms with Gasteiger partial charge in [-0.2, -0.15) is 0 Å². The average molecular weight is 236 g/mol. The lowest BCUT2D eigenvalue weighted by Crippen LogP contribution is -2.12. The van der Waals surface area contributed by atoms with Crippen LogP contribution in [0.4, 0.5) is 5.69 Å². The molecular weight excluding hydrogens is 224 g/mol. The molecule has 3 aromatic rings. The van der Waals surface area contributed by atoms with E-state index in [1.807, 2.05) is 42.5 Å². The minimum absolute atomic E-state index is 0.102. The molecule has 0 spiro atoms. The lowest BCUT2D eigenvalue weighted by Gasteiger charge is -2.06. The molecule has 0 fully saturated rings. The Labute approximate surface area is 104 Å². The molecule has 0 aliphatic carbocycles.